The Morgan fingerprint density at radius 2 is 1.40 bits per heavy atom. The number of nitrogens with zero attached hydrogens (tertiary/aromatic N) is 1. The average Bonchev–Trinajstić information content (AvgIpc) is 3.45. The second kappa shape index (κ2) is 26.2. The molecule has 0 radical (unpaired) electrons. The van der Waals surface area contributed by atoms with Crippen LogP contribution >= 0.6 is 0 Å². The van der Waals surface area contributed by atoms with E-state index in [0.717, 1.165) is 24.2 Å². The van der Waals surface area contributed by atoms with Crippen molar-refractivity contribution in [3.8, 4) is 0 Å². The summed E-state index contributed by atoms with van der Waals surface area (Å²) in [7, 11) is 0. The van der Waals surface area contributed by atoms with Crippen molar-refractivity contribution in [2.24, 2.45) is 5.92 Å². The fraction of sp³-hybridized carbons (Fsp3) is 0.838. The lowest BCUT2D eigenvalue weighted by atomic mass is 9.92. The molecule has 0 aromatic heterocycles. The van der Waals surface area contributed by atoms with E-state index < -0.39 is 68.3 Å². The van der Waals surface area contributed by atoms with E-state index in [1.165, 1.54) is 69.9 Å². The highest BCUT2D eigenvalue weighted by Gasteiger charge is 2.44. The predicted octanol–water partition coefficient (Wildman–Crippen LogP) is 2.97. The molecule has 2 aliphatic rings. The van der Waals surface area contributed by atoms with Crippen molar-refractivity contribution in [2.75, 3.05) is 26.6 Å². The number of aliphatic hydroxyl groups is 5. The molecule has 0 aliphatic carbocycles. The fourth-order valence-electron chi connectivity index (χ4n) is 6.29. The molecule has 6 N–H and O–H groups in total. The fourth-order valence-corrected chi connectivity index (χ4v) is 6.29. The number of nitrogens with one attached hydrogen (secondary N) is 1. The molecule has 52 heavy (non-hydrogen) atoms. The van der Waals surface area contributed by atoms with Gasteiger partial charge in [-0.15, -0.1) is 0 Å². The van der Waals surface area contributed by atoms with Crippen molar-refractivity contribution in [1.29, 1.82) is 0 Å². The summed E-state index contributed by atoms with van der Waals surface area (Å²) in [5.41, 5.74) is 0. The first-order valence-electron chi connectivity index (χ1n) is 19.2. The van der Waals surface area contributed by atoms with Crippen LogP contribution in [0.1, 0.15) is 123 Å². The third-order valence-corrected chi connectivity index (χ3v) is 9.67. The second-order valence-electron chi connectivity index (χ2n) is 14.0. The van der Waals surface area contributed by atoms with Crippen LogP contribution in [0.5, 0.6) is 0 Å². The highest BCUT2D eigenvalue weighted by atomic mass is 16.7. The Bertz CT molecular complexity index is 1060. The molecule has 1 fully saturated rings. The van der Waals surface area contributed by atoms with Gasteiger partial charge in [-0.05, 0) is 25.2 Å². The van der Waals surface area contributed by atoms with Crippen LogP contribution < -0.4 is 5.32 Å². The summed E-state index contributed by atoms with van der Waals surface area (Å²) in [6.45, 7) is 2.61. The van der Waals surface area contributed by atoms with E-state index >= 15 is 0 Å². The zero-order valence-electron chi connectivity index (χ0n) is 31.1. The van der Waals surface area contributed by atoms with Crippen LogP contribution in [0.3, 0.4) is 0 Å². The number of hydrogen-bond acceptors (Lipinski definition) is 13. The van der Waals surface area contributed by atoms with Crippen molar-refractivity contribution in [3.05, 3.63) is 12.2 Å². The Balaban J connectivity index is 1.77. The number of imide groups is 1. The Kier molecular flexibility index (Phi) is 22.9. The molecule has 3 amide bonds. The zero-order chi connectivity index (χ0) is 38.3. The van der Waals surface area contributed by atoms with Crippen molar-refractivity contribution < 1.29 is 63.7 Å². The number of carbonyl (C=O) groups excluding carboxylic acids is 4. The van der Waals surface area contributed by atoms with Gasteiger partial charge in [0.25, 0.3) is 11.8 Å². The third kappa shape index (κ3) is 17.0. The molecule has 2 aliphatic heterocycles. The van der Waals surface area contributed by atoms with E-state index in [2.05, 4.69) is 12.2 Å². The van der Waals surface area contributed by atoms with E-state index in [1.807, 2.05) is 6.92 Å². The molecule has 0 saturated carbocycles. The van der Waals surface area contributed by atoms with E-state index in [-0.39, 0.29) is 37.3 Å². The van der Waals surface area contributed by atoms with Gasteiger partial charge in [0.2, 0.25) is 6.79 Å². The molecule has 2 unspecified atom stereocenters. The minimum atomic E-state index is -1.66. The summed E-state index contributed by atoms with van der Waals surface area (Å²) in [6, 6.07) is -1.06. The molecule has 0 bridgehead atoms. The maximum Gasteiger partial charge on any atom is 0.410 e. The number of aliphatic hydroxyl groups excluding tert-OH is 5. The summed E-state index contributed by atoms with van der Waals surface area (Å²) in [6.07, 6.45) is 9.42. The Labute approximate surface area is 308 Å². The van der Waals surface area contributed by atoms with Crippen molar-refractivity contribution in [3.63, 3.8) is 0 Å². The lowest BCUT2D eigenvalue weighted by Crippen LogP contribution is -2.60. The Morgan fingerprint density at radius 1 is 0.827 bits per heavy atom. The van der Waals surface area contributed by atoms with Gasteiger partial charge in [0, 0.05) is 25.1 Å². The molecule has 2 rings (SSSR count). The van der Waals surface area contributed by atoms with Gasteiger partial charge < -0.3 is 49.8 Å². The first-order chi connectivity index (χ1) is 25.0. The number of carbonyl (C=O) groups is 4. The second-order valence-corrected chi connectivity index (χ2v) is 14.0. The highest BCUT2D eigenvalue weighted by Crippen LogP contribution is 2.24. The molecule has 0 aromatic rings. The average molecular weight is 745 g/mol. The molecule has 300 valence electrons. The smallest absolute Gasteiger partial charge is 0.410 e. The number of hydrogen-bond donors (Lipinski definition) is 6. The summed E-state index contributed by atoms with van der Waals surface area (Å²) < 4.78 is 21.0. The predicted molar refractivity (Wildman–Crippen MR) is 189 cm³/mol. The minimum Gasteiger partial charge on any atom is -0.428 e. The van der Waals surface area contributed by atoms with Gasteiger partial charge in [-0.1, -0.05) is 97.3 Å². The number of amides is 3. The van der Waals surface area contributed by atoms with E-state index in [1.54, 1.807) is 0 Å². The molecular formula is C37H64N2O13. The summed E-state index contributed by atoms with van der Waals surface area (Å²) in [5.74, 6) is -1.60. The number of ether oxygens (including phenoxy) is 4. The standard InChI is InChI=1S/C37H64N2O13/c1-3-4-5-6-7-8-9-10-11-12-13-15-18-26(2)32(44)27(24-49-36-35(47)34(46)33(45)28(23-40)52-36)38-37(48)51-25-50-31(43)19-16-14-17-22-39-29(41)20-21-30(39)42/h20-21,26-28,32-36,40,44-47H,3-19,22-25H2,1-2H3,(H,38,48)/t26-,27+,28?,32-,33+,34+,35?,36+/m1/s1. The lowest BCUT2D eigenvalue weighted by molar-refractivity contribution is -0.303. The highest BCUT2D eigenvalue weighted by molar-refractivity contribution is 6.12. The maximum atomic E-state index is 12.7. The monoisotopic (exact) mass is 744 g/mol. The number of esters is 1. The van der Waals surface area contributed by atoms with Gasteiger partial charge in [0.1, 0.15) is 24.4 Å². The number of rotatable bonds is 28. The van der Waals surface area contributed by atoms with Crippen molar-refractivity contribution in [2.45, 2.75) is 166 Å². The van der Waals surface area contributed by atoms with Crippen LogP contribution in [0.15, 0.2) is 12.2 Å². The van der Waals surface area contributed by atoms with Crippen molar-refractivity contribution >= 4 is 23.9 Å². The Morgan fingerprint density at radius 3 is 2.00 bits per heavy atom. The van der Waals surface area contributed by atoms with Crippen molar-refractivity contribution in [1.82, 2.24) is 10.2 Å². The summed E-state index contributed by atoms with van der Waals surface area (Å²) >= 11 is 0. The zero-order valence-corrected chi connectivity index (χ0v) is 31.1. The molecule has 0 spiro atoms. The number of alkyl carbamates (subject to hydrolysis) is 1. The molecule has 1 saturated heterocycles. The first kappa shape index (κ1) is 45.5. The molecule has 0 aromatic carbocycles. The topological polar surface area (TPSA) is 222 Å². The molecular weight excluding hydrogens is 680 g/mol. The van der Waals surface area contributed by atoms with Crippen LogP contribution in [0.4, 0.5) is 4.79 Å². The van der Waals surface area contributed by atoms with Crippen LogP contribution in [-0.4, -0.2) is 124 Å². The molecule has 15 heteroatoms. The van der Waals surface area contributed by atoms with Crippen LogP contribution in [0, 0.1) is 5.92 Å². The molecule has 8 atom stereocenters. The normalized spacial score (nSPS) is 23.4. The quantitative estimate of drug-likeness (QED) is 0.0294. The van der Waals surface area contributed by atoms with E-state index in [0.29, 0.717) is 25.7 Å². The summed E-state index contributed by atoms with van der Waals surface area (Å²) in [5, 5.41) is 53.8. The maximum absolute atomic E-state index is 12.7. The van der Waals surface area contributed by atoms with Gasteiger partial charge in [-0.2, -0.15) is 0 Å². The van der Waals surface area contributed by atoms with Gasteiger partial charge in [0.15, 0.2) is 6.29 Å². The summed E-state index contributed by atoms with van der Waals surface area (Å²) in [4.78, 5) is 49.1. The molecule has 15 nitrogen and oxygen atoms in total. The van der Waals surface area contributed by atoms with E-state index in [9.17, 15) is 44.7 Å². The first-order valence-corrected chi connectivity index (χ1v) is 19.2. The Hall–Kier alpha value is -2.66. The van der Waals surface area contributed by atoms with Crippen LogP contribution in [0.25, 0.3) is 0 Å². The van der Waals surface area contributed by atoms with Gasteiger partial charge in [0.05, 0.1) is 25.4 Å². The SMILES string of the molecule is CCCCCCCCCCCCCC[C@@H](C)[C@@H](O)[C@H](CO[C@H]1OC(CO)[C@H](O)[C@H](O)C1O)NC(=O)OCOC(=O)CCCCCN1C(=O)C=CC1=O. The lowest BCUT2D eigenvalue weighted by Gasteiger charge is -2.40. The van der Waals surface area contributed by atoms with Gasteiger partial charge >= 0.3 is 12.1 Å². The van der Waals surface area contributed by atoms with Crippen LogP contribution in [0.2, 0.25) is 0 Å². The van der Waals surface area contributed by atoms with Gasteiger partial charge in [-0.3, -0.25) is 19.3 Å². The molecule has 2 heterocycles. The van der Waals surface area contributed by atoms with Gasteiger partial charge in [-0.25, -0.2) is 4.79 Å². The minimum absolute atomic E-state index is 0.0377. The van der Waals surface area contributed by atoms with E-state index in [4.69, 9.17) is 18.9 Å². The third-order valence-electron chi connectivity index (χ3n) is 9.67. The number of unbranched alkanes of at least 4 members (excludes halogenated alkanes) is 13. The van der Waals surface area contributed by atoms with Crippen LogP contribution in [-0.2, 0) is 33.3 Å². The largest absolute Gasteiger partial charge is 0.428 e.